The Morgan fingerprint density at radius 3 is 0.853 bits per heavy atom. The van der Waals surface area contributed by atoms with Crippen molar-refractivity contribution in [3.05, 3.63) is 46.6 Å². The van der Waals surface area contributed by atoms with Crippen molar-refractivity contribution in [3.8, 4) is 0 Å². The van der Waals surface area contributed by atoms with Gasteiger partial charge in [0.2, 0.25) is 14.5 Å². The Bertz CT molecular complexity index is 4710. The van der Waals surface area contributed by atoms with E-state index < -0.39 is 43.4 Å². The van der Waals surface area contributed by atoms with E-state index in [-0.39, 0.29) is 139 Å². The highest BCUT2D eigenvalue weighted by molar-refractivity contribution is 8.26. The molecular formula is C124H196Cl4O14S. The number of allylic oxidation sites excluding steroid dienone is 8. The van der Waals surface area contributed by atoms with Crippen molar-refractivity contribution in [2.75, 3.05) is 26.4 Å². The lowest BCUT2D eigenvalue weighted by Crippen LogP contribution is -2.66. The number of ketones is 1. The molecule has 36 atom stereocenters. The summed E-state index contributed by atoms with van der Waals surface area (Å²) < 4.78 is 19.0. The molecule has 21 aliphatic rings. The molecule has 0 radical (unpaired) electrons. The zero-order valence-corrected chi connectivity index (χ0v) is 98.2. The number of aliphatic carboxylic acids is 3. The minimum Gasteiger partial charge on any atom is -0.481 e. The molecule has 19 heteroatoms. The van der Waals surface area contributed by atoms with Crippen LogP contribution in [0.15, 0.2) is 46.6 Å². The Balaban J connectivity index is 0.000000132. The Morgan fingerprint density at radius 2 is 0.559 bits per heavy atom. The Kier molecular flexibility index (Phi) is 29.6. The van der Waals surface area contributed by atoms with Crippen molar-refractivity contribution in [2.45, 2.75) is 468 Å². The Labute approximate surface area is 886 Å². The second kappa shape index (κ2) is 37.3. The quantitative estimate of drug-likeness (QED) is 0.0872. The van der Waals surface area contributed by atoms with Crippen LogP contribution in [0.1, 0.15) is 444 Å². The number of carbonyl (C=O) groups excluding carboxylic acids is 2. The average molecular weight is 2080 g/mol. The number of hydrogen-bond acceptors (Lipinski definition) is 11. The molecule has 16 saturated carbocycles. The molecule has 6 N–H and O–H groups in total. The Morgan fingerprint density at radius 1 is 0.315 bits per heavy atom. The van der Waals surface area contributed by atoms with Crippen LogP contribution < -0.4 is 0 Å². The van der Waals surface area contributed by atoms with Gasteiger partial charge in [0.25, 0.3) is 0 Å². The minimum atomic E-state index is -1.67. The highest BCUT2D eigenvalue weighted by Gasteiger charge is 2.76. The van der Waals surface area contributed by atoms with Crippen LogP contribution >= 0.6 is 44.6 Å². The number of hydrogen-bond donors (Lipinski definition) is 6. The van der Waals surface area contributed by atoms with Gasteiger partial charge < -0.3 is 40.1 Å². The van der Waals surface area contributed by atoms with Gasteiger partial charge >= 0.3 is 17.9 Å². The number of carboxylic acid groups (broad SMARTS) is 3. The number of aliphatic hydroxyl groups is 3. The van der Waals surface area contributed by atoms with Crippen LogP contribution in [0.4, 0.5) is 0 Å². The number of aliphatic hydroxyl groups excluding tert-OH is 3. The van der Waals surface area contributed by atoms with E-state index in [2.05, 4.69) is 213 Å². The fraction of sp³-hybridized carbons (Fsp3) is 0.895. The monoisotopic (exact) mass is 2080 g/mol. The molecule has 143 heavy (non-hydrogen) atoms. The molecule has 17 fully saturated rings. The predicted molar refractivity (Wildman–Crippen MR) is 579 cm³/mol. The van der Waals surface area contributed by atoms with E-state index in [4.69, 9.17) is 36.9 Å². The first-order valence-electron chi connectivity index (χ1n) is 57.6. The predicted octanol–water partition coefficient (Wildman–Crippen LogP) is 31.1. The van der Waals surface area contributed by atoms with Gasteiger partial charge in [-0.05, 0) is 462 Å². The highest BCUT2D eigenvalue weighted by Crippen LogP contribution is 2.83. The van der Waals surface area contributed by atoms with Gasteiger partial charge in [-0.25, -0.2) is 4.21 Å². The second-order valence-corrected chi connectivity index (χ2v) is 64.5. The van der Waals surface area contributed by atoms with E-state index in [1.807, 2.05) is 26.8 Å². The molecule has 20 aliphatic carbocycles. The maximum Gasteiger partial charge on any atom is 0.309 e. The molecule has 0 bridgehead atoms. The van der Waals surface area contributed by atoms with Crippen molar-refractivity contribution in [3.63, 3.8) is 0 Å². The van der Waals surface area contributed by atoms with Crippen LogP contribution in [0.5, 0.6) is 0 Å². The van der Waals surface area contributed by atoms with Crippen LogP contribution in [0, 0.1) is 201 Å². The van der Waals surface area contributed by atoms with E-state index in [0.29, 0.717) is 81.3 Å². The van der Waals surface area contributed by atoms with Gasteiger partial charge in [-0.15, -0.1) is 11.6 Å². The van der Waals surface area contributed by atoms with Crippen LogP contribution in [0.25, 0.3) is 0 Å². The third kappa shape index (κ3) is 17.0. The zero-order chi connectivity index (χ0) is 106. The first kappa shape index (κ1) is 113. The molecule has 0 aromatic carbocycles. The molecule has 0 aromatic rings. The minimum absolute atomic E-state index is 0.0168. The van der Waals surface area contributed by atoms with E-state index in [1.54, 1.807) is 16.7 Å². The largest absolute Gasteiger partial charge is 0.481 e. The summed E-state index contributed by atoms with van der Waals surface area (Å²) in [6, 6.07) is 0. The lowest BCUT2D eigenvalue weighted by atomic mass is 9.33. The highest BCUT2D eigenvalue weighted by atomic mass is 36.0. The molecule has 0 spiro atoms. The number of halogens is 4. The maximum atomic E-state index is 14.2. The molecule has 0 aromatic heterocycles. The SMILES string of the molecule is C1COCCO1.CC1(C)C2CC[C@]3(C)C(C(=O)C=C4C5C[C@@](C)(C(=O)O)CC[C@]5(C)CC[C@]43C)[C@@]2(C)CC[C@@H]1O.CC1(C)C2CC[C@]3(C)C(CC=C4C5C[C@@](C)(C(=O)Cl)CC[C@]5(C)CC[C@]43C)[C@@]2(C)CC[C@@H]1Cl.CC1(C)C2CC[C@]3(C)C(CC=C4C5C[C@@](C)(C(=O)O)CC[C@]5(C)CC[C@]43C)[C@@]2(C)CC[C@@H]1O.CC1(C)C2CC[C@]3(C)C(CC=C4C5C[C@@](C)(C(=O)O)CC[C@]5(C)CC[C@]43C)[C@@]2(C)CC[C@@H]1O.O=S(Cl)Cl. The molecular weight excluding hydrogens is 1890 g/mol. The average Bonchev–Trinajstić information content (AvgIpc) is 0.828. The molecule has 1 saturated heterocycles. The number of carboxylic acids is 3. The van der Waals surface area contributed by atoms with Crippen LogP contribution in [0.2, 0.25) is 0 Å². The molecule has 810 valence electrons. The van der Waals surface area contributed by atoms with Gasteiger partial charge in [-0.2, -0.15) is 0 Å². The van der Waals surface area contributed by atoms with Gasteiger partial charge in [0.1, 0.15) is 0 Å². The van der Waals surface area contributed by atoms with Crippen LogP contribution in [-0.4, -0.2) is 114 Å². The molecule has 12 unspecified atom stereocenters. The lowest BCUT2D eigenvalue weighted by molar-refractivity contribution is -0.203. The van der Waals surface area contributed by atoms with Crippen molar-refractivity contribution >= 4 is 82.7 Å². The van der Waals surface area contributed by atoms with Gasteiger partial charge in [-0.1, -0.05) is 214 Å². The number of fused-ring (bicyclic) bond motifs is 28. The van der Waals surface area contributed by atoms with Crippen molar-refractivity contribution in [1.29, 1.82) is 0 Å². The maximum absolute atomic E-state index is 14.2. The number of carbonyl (C=O) groups is 5. The summed E-state index contributed by atoms with van der Waals surface area (Å²) in [5.41, 5.74) is 6.80. The summed E-state index contributed by atoms with van der Waals surface area (Å²) in [4.78, 5) is 63.4. The first-order chi connectivity index (χ1) is 65.7. The first-order valence-corrected chi connectivity index (χ1v) is 61.2. The summed E-state index contributed by atoms with van der Waals surface area (Å²) in [6.45, 7) is 70.0. The third-order valence-electron chi connectivity index (χ3n) is 53.7. The summed E-state index contributed by atoms with van der Waals surface area (Å²) >= 11 is 13.1. The second-order valence-electron chi connectivity index (χ2n) is 61.1. The Hall–Kier alpha value is -2.18. The summed E-state index contributed by atoms with van der Waals surface area (Å²) in [7, 11) is 7.36. The molecule has 1 heterocycles. The summed E-state index contributed by atoms with van der Waals surface area (Å²) in [5.74, 6) is 4.01. The lowest BCUT2D eigenvalue weighted by Gasteiger charge is -2.71. The van der Waals surface area contributed by atoms with E-state index >= 15 is 0 Å². The van der Waals surface area contributed by atoms with Gasteiger partial charge in [0, 0.05) is 38.1 Å². The fourth-order valence-corrected chi connectivity index (χ4v) is 42.8. The number of ether oxygens (including phenoxy) is 2. The third-order valence-corrected chi connectivity index (χ3v) is 54.9. The number of rotatable bonds is 4. The van der Waals surface area contributed by atoms with E-state index in [1.165, 1.54) is 95.5 Å². The topological polar surface area (TPSA) is 242 Å². The summed E-state index contributed by atoms with van der Waals surface area (Å²) in [6.07, 6.45) is 50.9. The van der Waals surface area contributed by atoms with Gasteiger partial charge in [0.15, 0.2) is 5.78 Å². The normalized spacial score (nSPS) is 52.4. The smallest absolute Gasteiger partial charge is 0.309 e. The van der Waals surface area contributed by atoms with Crippen molar-refractivity contribution in [1.82, 2.24) is 0 Å². The molecule has 14 nitrogen and oxygen atoms in total. The zero-order valence-electron chi connectivity index (χ0n) is 94.3. The molecule has 0 amide bonds. The van der Waals surface area contributed by atoms with Crippen molar-refractivity contribution < 1.29 is 68.3 Å². The van der Waals surface area contributed by atoms with Gasteiger partial charge in [0.05, 0.1) is 61.0 Å². The standard InChI is InChI=1S/C30H46Cl2O.C30H46O4.2C30H48O3.C4H8O2.Cl2OS/c1-25(2)21-10-13-30(7)22(28(21,5)12-11-23(25)31)9-8-19-20-18-27(4,24(32)33)15-14-26(20,3)16-17-29(19,30)6;1-25(2)21-8-11-30(7)23(28(21,5)10-9-22(25)32)20(31)16-18-19-17-27(4,24(33)34)13-12-26(19,3)14-15-29(18,30)6;2*1-25(2)21-10-13-30(7)22(28(21,5)12-11-23(25)31)9-8-19-20-18-27(4,24(32)33)15-14-26(20,3)16-17-29(19,30)6;1-2-6-4-3-5-1;1-4(2)3/h8,20-23H,9-18H2,1-7H3;16,19,21-23,32H,8-15,17H2,1-7H3,(H,33,34);2*8,20-23,31H,9-18H2,1-7H3,(H,32,33);1-4H2;/t20?,21?,22?,23-,26+,27-,28-,29+,30+;19?,21?,22-,23?,26+,27-,28-,29+,30+;2*20?,21?,22?,23-,26+,27-,28-,29+,30+;;/m0000../s1. The van der Waals surface area contributed by atoms with Gasteiger partial charge in [-0.3, -0.25) is 24.0 Å². The van der Waals surface area contributed by atoms with Crippen LogP contribution in [-0.2, 0) is 42.7 Å². The molecule has 21 rings (SSSR count). The fourth-order valence-electron chi connectivity index (χ4n) is 42.4. The molecule has 1 aliphatic heterocycles. The number of alkyl halides is 1. The van der Waals surface area contributed by atoms with E-state index in [9.17, 15) is 54.6 Å². The van der Waals surface area contributed by atoms with Crippen LogP contribution in [0.3, 0.4) is 0 Å². The summed E-state index contributed by atoms with van der Waals surface area (Å²) in [5, 5.41) is 63.0. The van der Waals surface area contributed by atoms with Crippen molar-refractivity contribution in [2.24, 2.45) is 201 Å². The van der Waals surface area contributed by atoms with E-state index in [0.717, 1.165) is 186 Å².